The molecule has 4 atom stereocenters. The fourth-order valence-electron chi connectivity index (χ4n) is 5.03. The maximum atomic E-state index is 11.6. The molecule has 32 heavy (non-hydrogen) atoms. The fourth-order valence-corrected chi connectivity index (χ4v) is 5.03. The molecule has 0 N–H and O–H groups in total. The van der Waals surface area contributed by atoms with Crippen LogP contribution in [0, 0.1) is 11.8 Å². The molecule has 1 aromatic carbocycles. The van der Waals surface area contributed by atoms with Gasteiger partial charge in [0.2, 0.25) is 0 Å². The lowest BCUT2D eigenvalue weighted by atomic mass is 9.82. The van der Waals surface area contributed by atoms with E-state index in [4.69, 9.17) is 9.47 Å². The van der Waals surface area contributed by atoms with Gasteiger partial charge >= 0.3 is 11.9 Å². The van der Waals surface area contributed by atoms with Crippen LogP contribution in [0.5, 0.6) is 0 Å². The molecule has 4 nitrogen and oxygen atoms in total. The predicted molar refractivity (Wildman–Crippen MR) is 129 cm³/mol. The molecule has 0 bridgehead atoms. The maximum absolute atomic E-state index is 11.6. The molecule has 2 rings (SSSR count). The number of carbonyl (C=O) groups excluding carboxylic acids is 2. The van der Waals surface area contributed by atoms with E-state index in [0.29, 0.717) is 24.2 Å². The van der Waals surface area contributed by atoms with Crippen LogP contribution in [0.2, 0.25) is 0 Å². The number of allylic oxidation sites excluding steroid dienone is 2. The number of carbonyl (C=O) groups is 2. The van der Waals surface area contributed by atoms with Crippen LogP contribution >= 0.6 is 0 Å². The largest absolute Gasteiger partial charge is 0.469 e. The van der Waals surface area contributed by atoms with Crippen molar-refractivity contribution in [2.24, 2.45) is 11.8 Å². The molecule has 1 fully saturated rings. The van der Waals surface area contributed by atoms with Crippen LogP contribution in [0.25, 0.3) is 0 Å². The van der Waals surface area contributed by atoms with Crippen molar-refractivity contribution in [1.82, 2.24) is 0 Å². The van der Waals surface area contributed by atoms with E-state index in [9.17, 15) is 9.59 Å². The van der Waals surface area contributed by atoms with Gasteiger partial charge in [0, 0.05) is 13.3 Å². The average Bonchev–Trinajstić information content (AvgIpc) is 3.15. The lowest BCUT2D eigenvalue weighted by Gasteiger charge is -2.24. The van der Waals surface area contributed by atoms with Crippen molar-refractivity contribution in [2.45, 2.75) is 97.0 Å². The Bertz CT molecular complexity index is 721. The normalized spacial score (nSPS) is 21.6. The quantitative estimate of drug-likeness (QED) is 0.183. The summed E-state index contributed by atoms with van der Waals surface area (Å²) >= 11 is 0. The van der Waals surface area contributed by atoms with Crippen LogP contribution < -0.4 is 0 Å². The lowest BCUT2D eigenvalue weighted by Crippen LogP contribution is -2.12. The Balaban J connectivity index is 1.97. The third-order valence-corrected chi connectivity index (χ3v) is 6.77. The summed E-state index contributed by atoms with van der Waals surface area (Å²) in [7, 11) is 1.44. The van der Waals surface area contributed by atoms with E-state index in [-0.39, 0.29) is 18.0 Å². The Labute approximate surface area is 194 Å². The zero-order valence-corrected chi connectivity index (χ0v) is 20.5. The van der Waals surface area contributed by atoms with Gasteiger partial charge in [0.15, 0.2) is 0 Å². The van der Waals surface area contributed by atoms with Crippen molar-refractivity contribution in [3.8, 4) is 0 Å². The van der Waals surface area contributed by atoms with Gasteiger partial charge in [-0.15, -0.1) is 0 Å². The highest BCUT2D eigenvalue weighted by atomic mass is 16.5. The van der Waals surface area contributed by atoms with Gasteiger partial charge in [-0.05, 0) is 73.8 Å². The van der Waals surface area contributed by atoms with Gasteiger partial charge in [-0.2, -0.15) is 0 Å². The highest BCUT2D eigenvalue weighted by molar-refractivity contribution is 5.69. The van der Waals surface area contributed by atoms with Crippen LogP contribution in [0.1, 0.15) is 108 Å². The fraction of sp³-hybridized carbons (Fsp3) is 0.643. The summed E-state index contributed by atoms with van der Waals surface area (Å²) in [5.74, 6) is 1.55. The summed E-state index contributed by atoms with van der Waals surface area (Å²) in [6, 6.07) is 8.84. The van der Waals surface area contributed by atoms with Gasteiger partial charge in [0.25, 0.3) is 0 Å². The number of unbranched alkanes of at least 4 members (excludes halogenated alkanes) is 3. The van der Waals surface area contributed by atoms with Gasteiger partial charge in [-0.3, -0.25) is 9.59 Å². The molecule has 1 saturated carbocycles. The monoisotopic (exact) mass is 442 g/mol. The SMILES string of the molecule is CCCCCC(OC(C)=O)c1ccc([C@@H]2[C@@H](C/C=C\CCCC(=O)OC)CC[C@H]2C)cc1. The first kappa shape index (κ1) is 26.2. The summed E-state index contributed by atoms with van der Waals surface area (Å²) in [6.45, 7) is 6.05. The highest BCUT2D eigenvalue weighted by Crippen LogP contribution is 2.46. The third-order valence-electron chi connectivity index (χ3n) is 6.77. The second-order valence-corrected chi connectivity index (χ2v) is 9.28. The molecule has 0 heterocycles. The molecule has 0 spiro atoms. The first-order valence-electron chi connectivity index (χ1n) is 12.4. The van der Waals surface area contributed by atoms with Crippen molar-refractivity contribution in [1.29, 1.82) is 0 Å². The molecular formula is C28H42O4. The van der Waals surface area contributed by atoms with Crippen LogP contribution in [0.3, 0.4) is 0 Å². The van der Waals surface area contributed by atoms with E-state index in [0.717, 1.165) is 50.5 Å². The minimum absolute atomic E-state index is 0.132. The Morgan fingerprint density at radius 3 is 2.50 bits per heavy atom. The van der Waals surface area contributed by atoms with Gasteiger partial charge < -0.3 is 9.47 Å². The zero-order chi connectivity index (χ0) is 23.3. The summed E-state index contributed by atoms with van der Waals surface area (Å²) in [5, 5.41) is 0. The molecule has 1 aliphatic rings. The smallest absolute Gasteiger partial charge is 0.305 e. The molecular weight excluding hydrogens is 400 g/mol. The first-order valence-corrected chi connectivity index (χ1v) is 12.4. The topological polar surface area (TPSA) is 52.6 Å². The summed E-state index contributed by atoms with van der Waals surface area (Å²) in [6.07, 6.45) is 14.5. The van der Waals surface area contributed by atoms with E-state index < -0.39 is 0 Å². The van der Waals surface area contributed by atoms with E-state index in [1.54, 1.807) is 0 Å². The molecule has 4 heteroatoms. The van der Waals surface area contributed by atoms with E-state index >= 15 is 0 Å². The summed E-state index contributed by atoms with van der Waals surface area (Å²) in [4.78, 5) is 22.8. The van der Waals surface area contributed by atoms with Crippen LogP contribution in [-0.4, -0.2) is 19.0 Å². The van der Waals surface area contributed by atoms with Crippen molar-refractivity contribution < 1.29 is 19.1 Å². The van der Waals surface area contributed by atoms with E-state index in [1.807, 2.05) is 0 Å². The van der Waals surface area contributed by atoms with E-state index in [1.165, 1.54) is 32.4 Å². The minimum Gasteiger partial charge on any atom is -0.469 e. The number of hydrogen-bond acceptors (Lipinski definition) is 4. The Hall–Kier alpha value is -2.10. The van der Waals surface area contributed by atoms with Crippen molar-refractivity contribution >= 4 is 11.9 Å². The number of hydrogen-bond donors (Lipinski definition) is 0. The molecule has 178 valence electrons. The average molecular weight is 443 g/mol. The predicted octanol–water partition coefficient (Wildman–Crippen LogP) is 7.29. The molecule has 1 aromatic rings. The van der Waals surface area contributed by atoms with Crippen LogP contribution in [0.4, 0.5) is 0 Å². The second-order valence-electron chi connectivity index (χ2n) is 9.28. The summed E-state index contributed by atoms with van der Waals surface area (Å²) in [5.41, 5.74) is 2.51. The summed E-state index contributed by atoms with van der Waals surface area (Å²) < 4.78 is 10.3. The molecule has 1 aliphatic carbocycles. The Kier molecular flexibility index (Phi) is 11.5. The van der Waals surface area contributed by atoms with Crippen LogP contribution in [0.15, 0.2) is 36.4 Å². The lowest BCUT2D eigenvalue weighted by molar-refractivity contribution is -0.147. The van der Waals surface area contributed by atoms with Crippen molar-refractivity contribution in [3.63, 3.8) is 0 Å². The van der Waals surface area contributed by atoms with Crippen molar-refractivity contribution in [2.75, 3.05) is 7.11 Å². The zero-order valence-electron chi connectivity index (χ0n) is 20.5. The van der Waals surface area contributed by atoms with E-state index in [2.05, 4.69) is 50.3 Å². The molecule has 0 radical (unpaired) electrons. The number of esters is 2. The maximum Gasteiger partial charge on any atom is 0.305 e. The van der Waals surface area contributed by atoms with Gasteiger partial charge in [0.1, 0.15) is 6.10 Å². The number of methoxy groups -OCH3 is 1. The number of rotatable bonds is 13. The third kappa shape index (κ3) is 8.44. The Morgan fingerprint density at radius 1 is 1.09 bits per heavy atom. The van der Waals surface area contributed by atoms with Crippen molar-refractivity contribution in [3.05, 3.63) is 47.5 Å². The van der Waals surface area contributed by atoms with Crippen LogP contribution in [-0.2, 0) is 19.1 Å². The standard InChI is InChI=1S/C28H42O4/c1-5-6-9-13-26(32-22(3)29)23-17-19-25(20-18-23)28-21(2)15-16-24(28)12-10-7-8-11-14-27(30)31-4/h7,10,17-21,24,26,28H,5-6,8-9,11-16H2,1-4H3/b10-7-/t21-,24+,26?,28+/m1/s1. The molecule has 0 aliphatic heterocycles. The number of benzene rings is 1. The second kappa shape index (κ2) is 14.1. The molecule has 0 aromatic heterocycles. The number of ether oxygens (including phenoxy) is 2. The molecule has 0 amide bonds. The Morgan fingerprint density at radius 2 is 1.84 bits per heavy atom. The van der Waals surface area contributed by atoms with Gasteiger partial charge in [0.05, 0.1) is 7.11 Å². The first-order chi connectivity index (χ1) is 15.5. The highest BCUT2D eigenvalue weighted by Gasteiger charge is 2.33. The van der Waals surface area contributed by atoms with Gasteiger partial charge in [-0.1, -0.05) is 63.1 Å². The van der Waals surface area contributed by atoms with Gasteiger partial charge in [-0.25, -0.2) is 0 Å². The molecule has 0 saturated heterocycles. The minimum atomic E-state index is -0.210. The molecule has 1 unspecified atom stereocenters.